The molecule has 0 unspecified atom stereocenters. The minimum Gasteiger partial charge on any atom is -0.369 e. The van der Waals surface area contributed by atoms with E-state index in [9.17, 15) is 0 Å². The highest BCUT2D eigenvalue weighted by Gasteiger charge is 2.21. The van der Waals surface area contributed by atoms with Crippen molar-refractivity contribution >= 4 is 36.3 Å². The summed E-state index contributed by atoms with van der Waals surface area (Å²) >= 11 is 1.75. The maximum atomic E-state index is 5.30. The molecule has 0 fully saturated rings. The van der Waals surface area contributed by atoms with Crippen LogP contribution < -0.4 is 11.5 Å². The number of thioether (sulfide) groups is 1. The first-order valence-corrected chi connectivity index (χ1v) is 7.56. The Morgan fingerprint density at radius 2 is 2.05 bits per heavy atom. The van der Waals surface area contributed by atoms with Crippen molar-refractivity contribution in [3.05, 3.63) is 35.5 Å². The molecule has 2 heterocycles. The molecular formula is C14H17ClN6S. The average molecular weight is 337 g/mol. The number of nitrogens with two attached hydrogens (primary N) is 2. The molecule has 0 bridgehead atoms. The second kappa shape index (κ2) is 6.85. The van der Waals surface area contributed by atoms with Gasteiger partial charge in [0.25, 0.3) is 0 Å². The van der Waals surface area contributed by atoms with E-state index in [4.69, 9.17) is 16.5 Å². The Kier molecular flexibility index (Phi) is 5.10. The molecule has 0 amide bonds. The van der Waals surface area contributed by atoms with Crippen LogP contribution in [0.4, 0.5) is 0 Å². The Balaban J connectivity index is 0.00000176. The summed E-state index contributed by atoms with van der Waals surface area (Å²) in [5.41, 5.74) is 14.7. The highest BCUT2D eigenvalue weighted by molar-refractivity contribution is 7.99. The Hall–Kier alpha value is -1.99. The van der Waals surface area contributed by atoms with Crippen molar-refractivity contribution in [3.8, 4) is 11.3 Å². The van der Waals surface area contributed by atoms with Gasteiger partial charge >= 0.3 is 0 Å². The zero-order valence-corrected chi connectivity index (χ0v) is 13.7. The fourth-order valence-corrected chi connectivity index (χ4v) is 3.16. The van der Waals surface area contributed by atoms with Crippen LogP contribution in [-0.2, 0) is 6.54 Å². The summed E-state index contributed by atoms with van der Waals surface area (Å²) in [4.78, 5) is 4.71. The summed E-state index contributed by atoms with van der Waals surface area (Å²) in [6.07, 6.45) is 1.66. The first kappa shape index (κ1) is 16.4. The van der Waals surface area contributed by atoms with Crippen LogP contribution in [0.15, 0.2) is 39.6 Å². The maximum Gasteiger partial charge on any atom is 0.211 e. The van der Waals surface area contributed by atoms with E-state index in [1.807, 2.05) is 0 Å². The highest BCUT2D eigenvalue weighted by atomic mass is 35.5. The molecule has 4 N–H and O–H groups in total. The van der Waals surface area contributed by atoms with E-state index in [1.54, 1.807) is 18.0 Å². The van der Waals surface area contributed by atoms with Crippen molar-refractivity contribution in [2.24, 2.45) is 21.7 Å². The largest absolute Gasteiger partial charge is 0.369 e. The first-order chi connectivity index (χ1) is 10.1. The number of nitrogens with zero attached hydrogens (tertiary/aromatic N) is 4. The number of hydrogen-bond donors (Lipinski definition) is 2. The van der Waals surface area contributed by atoms with Gasteiger partial charge in [-0.15, -0.1) is 17.5 Å². The minimum absolute atomic E-state index is 0. The smallest absolute Gasteiger partial charge is 0.211 e. The van der Waals surface area contributed by atoms with E-state index in [-0.39, 0.29) is 18.4 Å². The van der Waals surface area contributed by atoms with Crippen LogP contribution in [0.3, 0.4) is 0 Å². The van der Waals surface area contributed by atoms with E-state index in [0.29, 0.717) is 0 Å². The third-order valence-corrected chi connectivity index (χ3v) is 4.15. The van der Waals surface area contributed by atoms with Crippen LogP contribution in [0.1, 0.15) is 11.3 Å². The number of imidazole rings is 1. The van der Waals surface area contributed by atoms with Gasteiger partial charge < -0.3 is 16.0 Å². The Bertz CT molecular complexity index is 716. The van der Waals surface area contributed by atoms with E-state index < -0.39 is 0 Å². The summed E-state index contributed by atoms with van der Waals surface area (Å²) in [7, 11) is 0. The Labute approximate surface area is 139 Å². The second-order valence-corrected chi connectivity index (χ2v) is 5.83. The SMILES string of the molecule is Cc1ccc(-c2nc3n(c2/C=N\N=C(N)N)CCS3)cc1.Cl. The van der Waals surface area contributed by atoms with E-state index in [0.717, 1.165) is 34.4 Å². The van der Waals surface area contributed by atoms with Gasteiger partial charge in [0.2, 0.25) is 5.96 Å². The van der Waals surface area contributed by atoms with Crippen molar-refractivity contribution in [2.45, 2.75) is 18.6 Å². The Morgan fingerprint density at radius 3 is 2.73 bits per heavy atom. The molecule has 0 saturated carbocycles. The average Bonchev–Trinajstić information content (AvgIpc) is 3.01. The molecule has 0 spiro atoms. The molecule has 22 heavy (non-hydrogen) atoms. The quantitative estimate of drug-likeness (QED) is 0.509. The number of fused-ring (bicyclic) bond motifs is 1. The molecule has 3 rings (SSSR count). The molecular weight excluding hydrogens is 320 g/mol. The van der Waals surface area contributed by atoms with Crippen LogP contribution in [-0.4, -0.2) is 27.5 Å². The standard InChI is InChI=1S/C14H16N6S.ClH/c1-9-2-4-10(5-3-9)12-11(8-17-19-13(15)16)20-6-7-21-14(20)18-12;/h2-5,8H,6-7H2,1H3,(H4,15,16,19);1H/b17-8-;. The van der Waals surface area contributed by atoms with Gasteiger partial charge in [0.1, 0.15) is 0 Å². The lowest BCUT2D eigenvalue weighted by atomic mass is 10.1. The molecule has 8 heteroatoms. The van der Waals surface area contributed by atoms with Crippen LogP contribution >= 0.6 is 24.2 Å². The Morgan fingerprint density at radius 1 is 1.32 bits per heavy atom. The summed E-state index contributed by atoms with van der Waals surface area (Å²) in [6.45, 7) is 2.98. The molecule has 6 nitrogen and oxygen atoms in total. The molecule has 1 aromatic carbocycles. The number of aromatic nitrogens is 2. The fraction of sp³-hybridized carbons (Fsp3) is 0.214. The number of rotatable bonds is 3. The molecule has 1 aromatic heterocycles. The molecule has 1 aliphatic rings. The molecule has 0 atom stereocenters. The van der Waals surface area contributed by atoms with Crippen LogP contribution in [0, 0.1) is 6.92 Å². The number of halogens is 1. The molecule has 0 saturated heterocycles. The van der Waals surface area contributed by atoms with Gasteiger partial charge in [0, 0.05) is 17.9 Å². The minimum atomic E-state index is -0.0568. The predicted molar refractivity (Wildman–Crippen MR) is 93.8 cm³/mol. The number of guanidine groups is 1. The number of benzene rings is 1. The molecule has 0 aliphatic carbocycles. The van der Waals surface area contributed by atoms with Gasteiger partial charge in [-0.1, -0.05) is 41.6 Å². The summed E-state index contributed by atoms with van der Waals surface area (Å²) in [5.74, 6) is 0.971. The summed E-state index contributed by atoms with van der Waals surface area (Å²) < 4.78 is 2.14. The van der Waals surface area contributed by atoms with Gasteiger partial charge in [-0.05, 0) is 6.92 Å². The number of hydrogen-bond acceptors (Lipinski definition) is 4. The molecule has 2 aromatic rings. The van der Waals surface area contributed by atoms with Crippen LogP contribution in [0.25, 0.3) is 11.3 Å². The topological polar surface area (TPSA) is 94.6 Å². The third kappa shape index (κ3) is 3.26. The molecule has 1 aliphatic heterocycles. The van der Waals surface area contributed by atoms with E-state index in [2.05, 4.69) is 46.0 Å². The molecule has 116 valence electrons. The van der Waals surface area contributed by atoms with Crippen LogP contribution in [0.5, 0.6) is 0 Å². The van der Waals surface area contributed by atoms with Gasteiger partial charge in [-0.3, -0.25) is 0 Å². The lowest BCUT2D eigenvalue weighted by Crippen LogP contribution is -2.21. The van der Waals surface area contributed by atoms with Crippen molar-refractivity contribution < 1.29 is 0 Å². The van der Waals surface area contributed by atoms with Crippen LogP contribution in [0.2, 0.25) is 0 Å². The number of aryl methyl sites for hydroxylation is 1. The van der Waals surface area contributed by atoms with Crippen molar-refractivity contribution in [1.82, 2.24) is 9.55 Å². The predicted octanol–water partition coefficient (Wildman–Crippen LogP) is 1.99. The maximum absolute atomic E-state index is 5.30. The van der Waals surface area contributed by atoms with Gasteiger partial charge in [-0.2, -0.15) is 5.10 Å². The summed E-state index contributed by atoms with van der Waals surface area (Å²) in [6, 6.07) is 8.28. The van der Waals surface area contributed by atoms with Crippen molar-refractivity contribution in [2.75, 3.05) is 5.75 Å². The van der Waals surface area contributed by atoms with Gasteiger partial charge in [-0.25, -0.2) is 4.98 Å². The lowest BCUT2D eigenvalue weighted by molar-refractivity contribution is 0.715. The zero-order valence-electron chi connectivity index (χ0n) is 12.1. The monoisotopic (exact) mass is 336 g/mol. The van der Waals surface area contributed by atoms with Crippen molar-refractivity contribution in [1.29, 1.82) is 0 Å². The zero-order chi connectivity index (χ0) is 14.8. The van der Waals surface area contributed by atoms with E-state index >= 15 is 0 Å². The van der Waals surface area contributed by atoms with Gasteiger partial charge in [0.15, 0.2) is 5.16 Å². The van der Waals surface area contributed by atoms with Gasteiger partial charge in [0.05, 0.1) is 17.6 Å². The first-order valence-electron chi connectivity index (χ1n) is 6.57. The molecule has 0 radical (unpaired) electrons. The highest BCUT2D eigenvalue weighted by Crippen LogP contribution is 2.32. The lowest BCUT2D eigenvalue weighted by Gasteiger charge is -2.03. The second-order valence-electron chi connectivity index (χ2n) is 4.76. The van der Waals surface area contributed by atoms with E-state index in [1.165, 1.54) is 5.56 Å². The van der Waals surface area contributed by atoms with Crippen molar-refractivity contribution in [3.63, 3.8) is 0 Å². The summed E-state index contributed by atoms with van der Waals surface area (Å²) in [5, 5.41) is 8.62. The fourth-order valence-electron chi connectivity index (χ4n) is 2.20. The third-order valence-electron chi connectivity index (χ3n) is 3.20. The normalized spacial score (nSPS) is 13.0.